The molecule has 2 aliphatic rings. The molecular formula is C20H16ClN7O5S2. The quantitative estimate of drug-likeness (QED) is 0.290. The summed E-state index contributed by atoms with van der Waals surface area (Å²) >= 11 is 8.68. The van der Waals surface area contributed by atoms with E-state index in [-0.39, 0.29) is 22.0 Å². The normalized spacial score (nSPS) is 20.4. The summed E-state index contributed by atoms with van der Waals surface area (Å²) in [7, 11) is 0. The van der Waals surface area contributed by atoms with Gasteiger partial charge in [-0.3, -0.25) is 14.5 Å². The van der Waals surface area contributed by atoms with Crippen molar-refractivity contribution in [2.24, 2.45) is 0 Å². The third-order valence-corrected chi connectivity index (χ3v) is 8.13. The Morgan fingerprint density at radius 2 is 2.09 bits per heavy atom. The number of aliphatic hydroxyl groups is 1. The molecule has 180 valence electrons. The molecule has 0 spiro atoms. The first-order valence-corrected chi connectivity index (χ1v) is 12.6. The Morgan fingerprint density at radius 1 is 1.29 bits per heavy atom. The fourth-order valence-corrected chi connectivity index (χ4v) is 6.31. The van der Waals surface area contributed by atoms with Crippen molar-refractivity contribution in [1.82, 2.24) is 35.5 Å². The number of aromatic nitrogens is 5. The summed E-state index contributed by atoms with van der Waals surface area (Å²) in [6, 6.07) is 8.80. The van der Waals surface area contributed by atoms with E-state index in [1.54, 1.807) is 30.3 Å². The molecule has 1 unspecified atom stereocenters. The van der Waals surface area contributed by atoms with E-state index >= 15 is 0 Å². The number of carbonyl (C=O) groups is 3. The molecule has 2 aromatic heterocycles. The zero-order valence-corrected chi connectivity index (χ0v) is 20.0. The van der Waals surface area contributed by atoms with Gasteiger partial charge in [0.15, 0.2) is 11.8 Å². The van der Waals surface area contributed by atoms with Gasteiger partial charge in [-0.15, -0.1) is 38.4 Å². The second-order valence-electron chi connectivity index (χ2n) is 7.56. The lowest BCUT2D eigenvalue weighted by Crippen LogP contribution is -2.70. The summed E-state index contributed by atoms with van der Waals surface area (Å²) in [5.74, 6) is -1.95. The Labute approximate surface area is 210 Å². The second-order valence-corrected chi connectivity index (χ2v) is 10.1. The zero-order valence-electron chi connectivity index (χ0n) is 17.6. The number of amides is 2. The number of rotatable bonds is 7. The highest BCUT2D eigenvalue weighted by molar-refractivity contribution is 8.01. The van der Waals surface area contributed by atoms with Crippen molar-refractivity contribution in [3.8, 4) is 0 Å². The van der Waals surface area contributed by atoms with Gasteiger partial charge in [-0.2, -0.15) is 0 Å². The van der Waals surface area contributed by atoms with E-state index in [2.05, 4.69) is 25.9 Å². The number of carboxylic acids is 1. The molecule has 3 aromatic rings. The van der Waals surface area contributed by atoms with Crippen LogP contribution < -0.4 is 5.32 Å². The van der Waals surface area contributed by atoms with Crippen LogP contribution in [0.15, 0.2) is 52.7 Å². The van der Waals surface area contributed by atoms with Crippen LogP contribution in [-0.4, -0.2) is 81.1 Å². The first-order valence-electron chi connectivity index (χ1n) is 10.2. The van der Waals surface area contributed by atoms with Gasteiger partial charge in [0.05, 0.1) is 0 Å². The molecule has 15 heteroatoms. The van der Waals surface area contributed by atoms with Crippen LogP contribution in [0.4, 0.5) is 0 Å². The number of hydrogen-bond acceptors (Lipinski definition) is 10. The predicted octanol–water partition coefficient (Wildman–Crippen LogP) is 0.737. The number of carbonyl (C=O) groups excluding carboxylic acids is 2. The zero-order chi connectivity index (χ0) is 24.7. The molecule has 5 rings (SSSR count). The van der Waals surface area contributed by atoms with Gasteiger partial charge in [0.25, 0.3) is 11.8 Å². The molecular weight excluding hydrogens is 518 g/mol. The number of fused-ring (bicyclic) bond motifs is 2. The summed E-state index contributed by atoms with van der Waals surface area (Å²) in [5, 5.41) is 38.2. The van der Waals surface area contributed by atoms with E-state index in [0.29, 0.717) is 22.0 Å². The van der Waals surface area contributed by atoms with Crippen molar-refractivity contribution in [3.05, 3.63) is 58.3 Å². The molecule has 35 heavy (non-hydrogen) atoms. The molecule has 0 aliphatic carbocycles. The van der Waals surface area contributed by atoms with E-state index in [1.807, 2.05) is 0 Å². The number of tetrazole rings is 1. The molecule has 3 N–H and O–H groups in total. The molecule has 0 radical (unpaired) electrons. The number of nitrogens with zero attached hydrogens (tertiary/aromatic N) is 6. The molecule has 2 amide bonds. The van der Waals surface area contributed by atoms with Gasteiger partial charge in [-0.25, -0.2) is 4.79 Å². The largest absolute Gasteiger partial charge is 0.477 e. The van der Waals surface area contributed by atoms with Crippen molar-refractivity contribution >= 4 is 58.6 Å². The third kappa shape index (κ3) is 4.33. The van der Waals surface area contributed by atoms with Crippen molar-refractivity contribution in [2.45, 2.75) is 22.5 Å². The van der Waals surface area contributed by atoms with Crippen LogP contribution in [0.3, 0.4) is 0 Å². The number of thioether (sulfide) groups is 2. The monoisotopic (exact) mass is 533 g/mol. The average Bonchev–Trinajstić information content (AvgIpc) is 3.33. The van der Waals surface area contributed by atoms with E-state index in [4.69, 9.17) is 11.6 Å². The van der Waals surface area contributed by atoms with Crippen LogP contribution in [0.2, 0.25) is 5.02 Å². The maximum atomic E-state index is 12.9. The van der Waals surface area contributed by atoms with E-state index < -0.39 is 35.3 Å². The van der Waals surface area contributed by atoms with Gasteiger partial charge in [-0.05, 0) is 34.2 Å². The molecule has 0 saturated carbocycles. The maximum Gasteiger partial charge on any atom is 0.352 e. The van der Waals surface area contributed by atoms with Gasteiger partial charge >= 0.3 is 5.97 Å². The van der Waals surface area contributed by atoms with Crippen LogP contribution in [0.5, 0.6) is 0 Å². The Bertz CT molecular complexity index is 1380. The molecule has 0 bridgehead atoms. The summed E-state index contributed by atoms with van der Waals surface area (Å²) in [6.45, 7) is 0. The maximum absolute atomic E-state index is 12.9. The highest BCUT2D eigenvalue weighted by Crippen LogP contribution is 2.41. The lowest BCUT2D eigenvalue weighted by Gasteiger charge is -2.49. The Kier molecular flexibility index (Phi) is 6.35. The topological polar surface area (TPSA) is 163 Å². The minimum Gasteiger partial charge on any atom is -0.477 e. The predicted molar refractivity (Wildman–Crippen MR) is 125 cm³/mol. The van der Waals surface area contributed by atoms with Gasteiger partial charge in [-0.1, -0.05) is 29.8 Å². The number of β-lactam (4-membered cyclic amide) rings is 1. The molecule has 4 heterocycles. The lowest BCUT2D eigenvalue weighted by molar-refractivity contribution is -0.151. The SMILES string of the molecule is O=C(O)C1=C(CSc2ccc3nnnn3n2)CS[C@@H]2C(NC(=O)[C@H](O)c3ccccc3Cl)C(=O)N12. The van der Waals surface area contributed by atoms with Gasteiger partial charge < -0.3 is 15.5 Å². The first kappa shape index (κ1) is 23.5. The summed E-state index contributed by atoms with van der Waals surface area (Å²) in [4.78, 5) is 38.7. The second kappa shape index (κ2) is 9.45. The summed E-state index contributed by atoms with van der Waals surface area (Å²) in [5.41, 5.74) is 1.14. The van der Waals surface area contributed by atoms with Gasteiger partial charge in [0, 0.05) is 22.1 Å². The number of nitrogens with one attached hydrogen (secondary N) is 1. The van der Waals surface area contributed by atoms with Crippen molar-refractivity contribution in [2.75, 3.05) is 11.5 Å². The minimum atomic E-state index is -1.56. The smallest absolute Gasteiger partial charge is 0.352 e. The van der Waals surface area contributed by atoms with Crippen LogP contribution >= 0.6 is 35.1 Å². The number of aliphatic hydroxyl groups excluding tert-OH is 1. The highest BCUT2D eigenvalue weighted by Gasteiger charge is 2.54. The highest BCUT2D eigenvalue weighted by atomic mass is 35.5. The van der Waals surface area contributed by atoms with Crippen LogP contribution in [0.1, 0.15) is 11.7 Å². The van der Waals surface area contributed by atoms with Gasteiger partial charge in [0.1, 0.15) is 22.1 Å². The standard InChI is InChI=1S/C20H16ClN7O5S2/c21-11-4-2-1-3-10(11)16(29)17(30)22-14-18(31)27-15(20(32)33)9(8-35-19(14)27)7-34-13-6-5-12-23-25-26-28(12)24-13/h1-6,14,16,19,29H,7-8H2,(H,22,30)(H,32,33)/t14?,16-,19-/m1/s1. The lowest BCUT2D eigenvalue weighted by atomic mass is 10.0. The number of aliphatic carboxylic acids is 1. The summed E-state index contributed by atoms with van der Waals surface area (Å²) < 4.78 is 1.27. The molecule has 1 fully saturated rings. The van der Waals surface area contributed by atoms with Crippen LogP contribution in [-0.2, 0) is 14.4 Å². The average molecular weight is 534 g/mol. The molecule has 1 aromatic carbocycles. The Morgan fingerprint density at radius 3 is 2.86 bits per heavy atom. The Balaban J connectivity index is 1.29. The number of hydrogen-bond donors (Lipinski definition) is 3. The van der Waals surface area contributed by atoms with Crippen molar-refractivity contribution < 1.29 is 24.6 Å². The Hall–Kier alpha value is -3.20. The molecule has 2 aliphatic heterocycles. The molecule has 12 nitrogen and oxygen atoms in total. The number of halogens is 1. The van der Waals surface area contributed by atoms with Crippen molar-refractivity contribution in [1.29, 1.82) is 0 Å². The fourth-order valence-electron chi connectivity index (χ4n) is 3.74. The van der Waals surface area contributed by atoms with Crippen LogP contribution in [0.25, 0.3) is 5.65 Å². The third-order valence-electron chi connectivity index (χ3n) is 5.44. The van der Waals surface area contributed by atoms with E-state index in [9.17, 15) is 24.6 Å². The molecule has 1 saturated heterocycles. The number of benzene rings is 1. The minimum absolute atomic E-state index is 0.105. The number of carboxylic acid groups (broad SMARTS) is 1. The first-order chi connectivity index (χ1) is 16.8. The summed E-state index contributed by atoms with van der Waals surface area (Å²) in [6.07, 6.45) is -1.56. The molecule has 3 atom stereocenters. The van der Waals surface area contributed by atoms with E-state index in [0.717, 1.165) is 0 Å². The van der Waals surface area contributed by atoms with E-state index in [1.165, 1.54) is 39.1 Å². The fraction of sp³-hybridized carbons (Fsp3) is 0.250. The van der Waals surface area contributed by atoms with Crippen molar-refractivity contribution in [3.63, 3.8) is 0 Å². The van der Waals surface area contributed by atoms with Crippen LogP contribution in [0, 0.1) is 0 Å². The van der Waals surface area contributed by atoms with Gasteiger partial charge in [0.2, 0.25) is 0 Å².